The van der Waals surface area contributed by atoms with Crippen LogP contribution in [0.4, 0.5) is 11.4 Å². The van der Waals surface area contributed by atoms with Crippen molar-refractivity contribution < 1.29 is 23.7 Å². The van der Waals surface area contributed by atoms with Gasteiger partial charge < -0.3 is 29.6 Å². The first-order chi connectivity index (χ1) is 18.9. The summed E-state index contributed by atoms with van der Waals surface area (Å²) in [5, 5.41) is 7.25. The highest BCUT2D eigenvalue weighted by atomic mass is 16.5. The number of para-hydroxylation sites is 2. The maximum absolute atomic E-state index is 14.0. The summed E-state index contributed by atoms with van der Waals surface area (Å²) in [6.45, 7) is 6.45. The first-order valence-corrected chi connectivity index (χ1v) is 13.5. The molecule has 0 fully saturated rings. The Kier molecular flexibility index (Phi) is 7.68. The lowest BCUT2D eigenvalue weighted by Gasteiger charge is -2.31. The van der Waals surface area contributed by atoms with Crippen LogP contribution in [0.5, 0.6) is 23.0 Å². The number of hydrogen-bond acceptors (Lipinski definition) is 7. The first-order valence-electron chi connectivity index (χ1n) is 13.5. The zero-order valence-electron chi connectivity index (χ0n) is 23.2. The molecule has 2 N–H and O–H groups in total. The van der Waals surface area contributed by atoms with E-state index in [0.717, 1.165) is 45.3 Å². The summed E-state index contributed by atoms with van der Waals surface area (Å²) in [6.07, 6.45) is 1.04. The highest BCUT2D eigenvalue weighted by molar-refractivity contribution is 6.01. The van der Waals surface area contributed by atoms with E-state index in [9.17, 15) is 4.79 Å². The number of hydrogen-bond donors (Lipinski definition) is 2. The number of benzene rings is 3. The average Bonchev–Trinajstić information content (AvgIpc) is 3.10. The number of allylic oxidation sites excluding steroid dienone is 1. The molecule has 0 aromatic heterocycles. The second-order valence-corrected chi connectivity index (χ2v) is 10.1. The van der Waals surface area contributed by atoms with Crippen LogP contribution in [0.3, 0.4) is 0 Å². The zero-order valence-corrected chi connectivity index (χ0v) is 23.2. The molecule has 204 valence electrons. The summed E-state index contributed by atoms with van der Waals surface area (Å²) < 4.78 is 23.1. The van der Waals surface area contributed by atoms with Gasteiger partial charge in [0.05, 0.1) is 44.3 Å². The minimum Gasteiger partial charge on any atom is -0.497 e. The molecule has 0 saturated heterocycles. The lowest BCUT2D eigenvalue weighted by atomic mass is 9.78. The zero-order chi connectivity index (χ0) is 27.5. The van der Waals surface area contributed by atoms with Crippen LogP contribution in [0, 0.1) is 0 Å². The number of methoxy groups -OCH3 is 2. The molecule has 2 unspecified atom stereocenters. The summed E-state index contributed by atoms with van der Waals surface area (Å²) >= 11 is 0. The third-order valence-electron chi connectivity index (χ3n) is 7.15. The van der Waals surface area contributed by atoms with Crippen molar-refractivity contribution in [2.24, 2.45) is 0 Å². The lowest BCUT2D eigenvalue weighted by Crippen LogP contribution is -2.27. The third-order valence-corrected chi connectivity index (χ3v) is 7.15. The Morgan fingerprint density at radius 2 is 1.67 bits per heavy atom. The molecule has 1 heterocycles. The fraction of sp³-hybridized carbons (Fsp3) is 0.344. The number of nitrogens with one attached hydrogen (secondary N) is 2. The van der Waals surface area contributed by atoms with Gasteiger partial charge in [-0.1, -0.05) is 18.2 Å². The molecule has 0 saturated carbocycles. The second kappa shape index (κ2) is 11.3. The number of rotatable bonds is 8. The molecule has 3 aromatic rings. The van der Waals surface area contributed by atoms with E-state index in [2.05, 4.69) is 10.6 Å². The molecular weight excluding hydrogens is 492 g/mol. The Morgan fingerprint density at radius 1 is 0.897 bits per heavy atom. The van der Waals surface area contributed by atoms with Gasteiger partial charge in [0.2, 0.25) is 0 Å². The fourth-order valence-electron chi connectivity index (χ4n) is 5.44. The van der Waals surface area contributed by atoms with E-state index in [-0.39, 0.29) is 23.8 Å². The Labute approximate surface area is 230 Å². The summed E-state index contributed by atoms with van der Waals surface area (Å²) in [5.74, 6) is 2.88. The summed E-state index contributed by atoms with van der Waals surface area (Å²) in [6, 6.07) is 19.4. The van der Waals surface area contributed by atoms with Crippen LogP contribution in [0.15, 0.2) is 71.9 Å². The average molecular weight is 529 g/mol. The Balaban J connectivity index is 1.60. The number of fused-ring (bicyclic) bond motifs is 1. The van der Waals surface area contributed by atoms with E-state index in [1.165, 1.54) is 0 Å². The van der Waals surface area contributed by atoms with E-state index in [0.29, 0.717) is 30.9 Å². The molecule has 0 spiro atoms. The minimum absolute atomic E-state index is 0.0157. The van der Waals surface area contributed by atoms with Gasteiger partial charge in [-0.15, -0.1) is 0 Å². The van der Waals surface area contributed by atoms with Crippen LogP contribution in [0.25, 0.3) is 0 Å². The quantitative estimate of drug-likeness (QED) is 0.330. The molecule has 1 aliphatic carbocycles. The monoisotopic (exact) mass is 528 g/mol. The highest BCUT2D eigenvalue weighted by Crippen LogP contribution is 2.47. The molecule has 5 rings (SSSR count). The van der Waals surface area contributed by atoms with E-state index in [1.807, 2.05) is 81.4 Å². The van der Waals surface area contributed by atoms with Crippen molar-refractivity contribution in [2.75, 3.05) is 31.5 Å². The van der Waals surface area contributed by atoms with Gasteiger partial charge in [0, 0.05) is 29.2 Å². The third kappa shape index (κ3) is 5.39. The van der Waals surface area contributed by atoms with Crippen LogP contribution >= 0.6 is 0 Å². The van der Waals surface area contributed by atoms with Crippen molar-refractivity contribution in [1.82, 2.24) is 0 Å². The van der Waals surface area contributed by atoms with Crippen LogP contribution in [-0.4, -0.2) is 32.7 Å². The SMILES string of the molecule is CCOc1cc(C2Nc3ccccc3NC3=C2C(=O)CC(c2cc(OC)ccc2OC)C3)ccc1OC(C)C. The normalized spacial score (nSPS) is 18.4. The van der Waals surface area contributed by atoms with E-state index < -0.39 is 0 Å². The maximum Gasteiger partial charge on any atom is 0.163 e. The first kappa shape index (κ1) is 26.5. The molecule has 7 heteroatoms. The Hall–Kier alpha value is -4.13. The number of Topliss-reactive ketones (excluding diaryl/α,β-unsaturated/α-hetero) is 1. The molecule has 2 aliphatic rings. The molecule has 0 bridgehead atoms. The summed E-state index contributed by atoms with van der Waals surface area (Å²) in [7, 11) is 3.30. The second-order valence-electron chi connectivity index (χ2n) is 10.1. The topological polar surface area (TPSA) is 78.1 Å². The van der Waals surface area contributed by atoms with Crippen molar-refractivity contribution >= 4 is 17.2 Å². The van der Waals surface area contributed by atoms with Crippen molar-refractivity contribution in [3.8, 4) is 23.0 Å². The molecule has 3 aromatic carbocycles. The van der Waals surface area contributed by atoms with Crippen LogP contribution in [0.2, 0.25) is 0 Å². The van der Waals surface area contributed by atoms with Gasteiger partial charge in [0.15, 0.2) is 17.3 Å². The van der Waals surface area contributed by atoms with Gasteiger partial charge in [0.25, 0.3) is 0 Å². The van der Waals surface area contributed by atoms with Gasteiger partial charge in [-0.05, 0) is 75.2 Å². The Morgan fingerprint density at radius 3 is 2.38 bits per heavy atom. The maximum atomic E-state index is 14.0. The van der Waals surface area contributed by atoms with Gasteiger partial charge in [-0.3, -0.25) is 4.79 Å². The fourth-order valence-corrected chi connectivity index (χ4v) is 5.44. The van der Waals surface area contributed by atoms with Crippen LogP contribution in [-0.2, 0) is 4.79 Å². The van der Waals surface area contributed by atoms with E-state index in [4.69, 9.17) is 18.9 Å². The van der Waals surface area contributed by atoms with Gasteiger partial charge >= 0.3 is 0 Å². The van der Waals surface area contributed by atoms with Crippen molar-refractivity contribution in [1.29, 1.82) is 0 Å². The van der Waals surface area contributed by atoms with Crippen molar-refractivity contribution in [3.63, 3.8) is 0 Å². The van der Waals surface area contributed by atoms with Gasteiger partial charge in [-0.25, -0.2) is 0 Å². The molecule has 39 heavy (non-hydrogen) atoms. The smallest absolute Gasteiger partial charge is 0.163 e. The highest BCUT2D eigenvalue weighted by Gasteiger charge is 2.37. The van der Waals surface area contributed by atoms with Crippen LogP contribution in [0.1, 0.15) is 56.7 Å². The number of ketones is 1. The molecule has 2 atom stereocenters. The number of ether oxygens (including phenoxy) is 4. The number of carbonyl (C=O) groups excluding carboxylic acids is 1. The van der Waals surface area contributed by atoms with Crippen molar-refractivity contribution in [3.05, 3.63) is 83.1 Å². The van der Waals surface area contributed by atoms with E-state index in [1.54, 1.807) is 14.2 Å². The summed E-state index contributed by atoms with van der Waals surface area (Å²) in [4.78, 5) is 14.0. The largest absolute Gasteiger partial charge is 0.497 e. The molecule has 0 radical (unpaired) electrons. The molecule has 7 nitrogen and oxygen atoms in total. The van der Waals surface area contributed by atoms with Crippen molar-refractivity contribution in [2.45, 2.75) is 51.7 Å². The molecule has 0 amide bonds. The van der Waals surface area contributed by atoms with Crippen LogP contribution < -0.4 is 29.6 Å². The van der Waals surface area contributed by atoms with Gasteiger partial charge in [0.1, 0.15) is 11.5 Å². The summed E-state index contributed by atoms with van der Waals surface area (Å²) in [5.41, 5.74) is 5.41. The molecular formula is C32H36N2O5. The Bertz CT molecular complexity index is 1400. The number of anilines is 2. The predicted octanol–water partition coefficient (Wildman–Crippen LogP) is 6.87. The minimum atomic E-state index is -0.357. The molecule has 1 aliphatic heterocycles. The van der Waals surface area contributed by atoms with Gasteiger partial charge in [-0.2, -0.15) is 0 Å². The predicted molar refractivity (Wildman–Crippen MR) is 153 cm³/mol. The lowest BCUT2D eigenvalue weighted by molar-refractivity contribution is -0.116. The standard InChI is InChI=1S/C32H36N2O5/c1-6-38-30-17-20(11-13-29(30)39-19(2)3)32-31-26(33-24-9-7-8-10-25(24)34-32)15-21(16-27(31)35)23-18-22(36-4)12-14-28(23)37-5/h7-14,17-19,21,32-34H,6,15-16H2,1-5H3. The van der Waals surface area contributed by atoms with E-state index >= 15 is 0 Å². The number of carbonyl (C=O) groups is 1.